The number of fused-ring (bicyclic) bond motifs is 1. The van der Waals surface area contributed by atoms with Crippen LogP contribution in [0.5, 0.6) is 0 Å². The maximum absolute atomic E-state index is 13.4. The second-order valence-corrected chi connectivity index (χ2v) is 5.56. The van der Waals surface area contributed by atoms with Crippen LogP contribution in [0.2, 0.25) is 0 Å². The maximum Gasteiger partial charge on any atom is 0.270 e. The number of nitro benzene ring substituents is 1. The molecule has 134 valence electrons. The second-order valence-electron chi connectivity index (χ2n) is 5.56. The van der Waals surface area contributed by atoms with E-state index in [0.717, 1.165) is 6.07 Å². The number of halogens is 1. The van der Waals surface area contributed by atoms with Gasteiger partial charge >= 0.3 is 0 Å². The molecule has 2 aromatic carbocycles. The number of carbonyl (C=O) groups excluding carboxylic acids is 1. The van der Waals surface area contributed by atoms with Crippen LogP contribution in [0.1, 0.15) is 16.8 Å². The molecule has 0 fully saturated rings. The van der Waals surface area contributed by atoms with E-state index in [-0.39, 0.29) is 23.8 Å². The van der Waals surface area contributed by atoms with Crippen LogP contribution in [0.15, 0.2) is 42.5 Å². The number of aromatic nitrogens is 2. The van der Waals surface area contributed by atoms with Gasteiger partial charge in [0.05, 0.1) is 16.0 Å². The molecule has 0 aliphatic carbocycles. The van der Waals surface area contributed by atoms with E-state index in [9.17, 15) is 19.3 Å². The molecule has 0 bridgehead atoms. The fraction of sp³-hybridized carbons (Fsp3) is 0.176. The Morgan fingerprint density at radius 1 is 1.31 bits per heavy atom. The van der Waals surface area contributed by atoms with Crippen LogP contribution in [-0.4, -0.2) is 32.1 Å². The van der Waals surface area contributed by atoms with Crippen molar-refractivity contribution in [1.29, 1.82) is 0 Å². The molecule has 0 unspecified atom stereocenters. The summed E-state index contributed by atoms with van der Waals surface area (Å²) in [6.45, 7) is 0.308. The summed E-state index contributed by atoms with van der Waals surface area (Å²) in [5.41, 5.74) is 0.867. The predicted octanol–water partition coefficient (Wildman–Crippen LogP) is 2.72. The number of aliphatic hydroxyl groups is 1. The van der Waals surface area contributed by atoms with Gasteiger partial charge in [-0.25, -0.2) is 9.37 Å². The van der Waals surface area contributed by atoms with Crippen molar-refractivity contribution in [2.75, 3.05) is 11.9 Å². The fourth-order valence-electron chi connectivity index (χ4n) is 2.59. The second kappa shape index (κ2) is 7.28. The van der Waals surface area contributed by atoms with E-state index >= 15 is 0 Å². The number of benzene rings is 2. The van der Waals surface area contributed by atoms with Gasteiger partial charge in [-0.05, 0) is 24.6 Å². The lowest BCUT2D eigenvalue weighted by atomic mass is 10.2. The molecule has 8 nitrogen and oxygen atoms in total. The number of imidazole rings is 1. The van der Waals surface area contributed by atoms with Crippen molar-refractivity contribution in [3.8, 4) is 0 Å². The quantitative estimate of drug-likeness (QED) is 0.520. The SMILES string of the molecule is O=C(Nc1nc2cc(F)ccc2n1CCCO)c1cccc([N+](=O)[O-])c1. The van der Waals surface area contributed by atoms with Crippen LogP contribution in [0.4, 0.5) is 16.0 Å². The lowest BCUT2D eigenvalue weighted by Gasteiger charge is -2.09. The molecule has 0 radical (unpaired) electrons. The first kappa shape index (κ1) is 17.5. The first-order valence-electron chi connectivity index (χ1n) is 7.82. The highest BCUT2D eigenvalue weighted by atomic mass is 19.1. The van der Waals surface area contributed by atoms with Crippen molar-refractivity contribution in [2.45, 2.75) is 13.0 Å². The highest BCUT2D eigenvalue weighted by molar-refractivity contribution is 6.04. The summed E-state index contributed by atoms with van der Waals surface area (Å²) in [5, 5.41) is 22.5. The number of aryl methyl sites for hydroxylation is 1. The Balaban J connectivity index is 1.95. The average molecular weight is 358 g/mol. The van der Waals surface area contributed by atoms with Crippen molar-refractivity contribution < 1.29 is 19.2 Å². The van der Waals surface area contributed by atoms with Gasteiger partial charge in [0.1, 0.15) is 5.82 Å². The number of non-ortho nitro benzene ring substituents is 1. The summed E-state index contributed by atoms with van der Waals surface area (Å²) in [6.07, 6.45) is 0.419. The smallest absolute Gasteiger partial charge is 0.270 e. The number of rotatable bonds is 6. The van der Waals surface area contributed by atoms with Crippen LogP contribution in [-0.2, 0) is 6.54 Å². The van der Waals surface area contributed by atoms with Crippen molar-refractivity contribution in [2.24, 2.45) is 0 Å². The van der Waals surface area contributed by atoms with Gasteiger partial charge in [0, 0.05) is 36.9 Å². The molecule has 1 amide bonds. The number of nitro groups is 1. The number of nitrogens with one attached hydrogen (secondary N) is 1. The molecule has 1 aromatic heterocycles. The number of nitrogens with zero attached hydrogens (tertiary/aromatic N) is 3. The van der Waals surface area contributed by atoms with Crippen molar-refractivity contribution in [3.05, 3.63) is 64.0 Å². The zero-order valence-electron chi connectivity index (χ0n) is 13.6. The lowest BCUT2D eigenvalue weighted by molar-refractivity contribution is -0.384. The first-order chi connectivity index (χ1) is 12.5. The summed E-state index contributed by atoms with van der Waals surface area (Å²) in [4.78, 5) is 26.9. The molecule has 9 heteroatoms. The normalized spacial score (nSPS) is 10.8. The fourth-order valence-corrected chi connectivity index (χ4v) is 2.59. The summed E-state index contributed by atoms with van der Waals surface area (Å²) in [7, 11) is 0. The third-order valence-electron chi connectivity index (χ3n) is 3.79. The van der Waals surface area contributed by atoms with Gasteiger partial charge in [-0.1, -0.05) is 6.07 Å². The van der Waals surface area contributed by atoms with E-state index in [1.807, 2.05) is 0 Å². The van der Waals surface area contributed by atoms with Gasteiger partial charge in [-0.3, -0.25) is 20.2 Å². The first-order valence-corrected chi connectivity index (χ1v) is 7.82. The number of amides is 1. The standard InChI is InChI=1S/C17H15FN4O4/c18-12-5-6-15-14(10-12)19-17(21(15)7-2-8-23)20-16(24)11-3-1-4-13(9-11)22(25)26/h1,3-6,9-10,23H,2,7-8H2,(H,19,20,24). The highest BCUT2D eigenvalue weighted by Gasteiger charge is 2.16. The Morgan fingerprint density at radius 3 is 2.85 bits per heavy atom. The Labute approximate surface area is 147 Å². The molecule has 1 heterocycles. The molecule has 26 heavy (non-hydrogen) atoms. The monoisotopic (exact) mass is 358 g/mol. The summed E-state index contributed by atoms with van der Waals surface area (Å²) in [5.74, 6) is -0.855. The molecule has 0 spiro atoms. The molecular weight excluding hydrogens is 343 g/mol. The minimum atomic E-state index is -0.587. The topological polar surface area (TPSA) is 110 Å². The largest absolute Gasteiger partial charge is 0.396 e. The third kappa shape index (κ3) is 3.52. The van der Waals surface area contributed by atoms with Gasteiger partial charge in [0.2, 0.25) is 5.95 Å². The van der Waals surface area contributed by atoms with Crippen LogP contribution >= 0.6 is 0 Å². The molecule has 0 aliphatic rings. The van der Waals surface area contributed by atoms with E-state index in [0.29, 0.717) is 24.0 Å². The zero-order chi connectivity index (χ0) is 18.7. The zero-order valence-corrected chi connectivity index (χ0v) is 13.6. The van der Waals surface area contributed by atoms with Crippen molar-refractivity contribution in [1.82, 2.24) is 9.55 Å². The number of anilines is 1. The van der Waals surface area contributed by atoms with Crippen molar-refractivity contribution >= 4 is 28.6 Å². The van der Waals surface area contributed by atoms with Crippen LogP contribution < -0.4 is 5.32 Å². The Kier molecular flexibility index (Phi) is 4.90. The molecule has 3 aromatic rings. The summed E-state index contributed by atoms with van der Waals surface area (Å²) >= 11 is 0. The minimum absolute atomic E-state index is 0.0564. The minimum Gasteiger partial charge on any atom is -0.396 e. The molecule has 3 rings (SSSR count). The Hall–Kier alpha value is -3.33. The van der Waals surface area contributed by atoms with Gasteiger partial charge < -0.3 is 9.67 Å². The Bertz CT molecular complexity index is 986. The molecule has 0 saturated carbocycles. The van der Waals surface area contributed by atoms with E-state index < -0.39 is 16.6 Å². The molecule has 0 saturated heterocycles. The number of aliphatic hydroxyl groups excluding tert-OH is 1. The van der Waals surface area contributed by atoms with E-state index in [4.69, 9.17) is 5.11 Å². The van der Waals surface area contributed by atoms with E-state index in [1.54, 1.807) is 4.57 Å². The molecule has 0 aliphatic heterocycles. The van der Waals surface area contributed by atoms with Crippen LogP contribution in [0.25, 0.3) is 11.0 Å². The van der Waals surface area contributed by atoms with E-state index in [1.165, 1.54) is 36.4 Å². The number of hydrogen-bond acceptors (Lipinski definition) is 5. The molecular formula is C17H15FN4O4. The summed E-state index contributed by atoms with van der Waals surface area (Å²) < 4.78 is 15.1. The van der Waals surface area contributed by atoms with Gasteiger partial charge in [-0.15, -0.1) is 0 Å². The van der Waals surface area contributed by atoms with Crippen LogP contribution in [0.3, 0.4) is 0 Å². The Morgan fingerprint density at radius 2 is 2.12 bits per heavy atom. The molecule has 0 atom stereocenters. The average Bonchev–Trinajstić information content (AvgIpc) is 2.95. The van der Waals surface area contributed by atoms with Crippen molar-refractivity contribution in [3.63, 3.8) is 0 Å². The van der Waals surface area contributed by atoms with Gasteiger partial charge in [-0.2, -0.15) is 0 Å². The number of carbonyl (C=O) groups is 1. The van der Waals surface area contributed by atoms with Crippen LogP contribution in [0, 0.1) is 15.9 Å². The summed E-state index contributed by atoms with van der Waals surface area (Å²) in [6, 6.07) is 9.38. The van der Waals surface area contributed by atoms with Gasteiger partial charge in [0.15, 0.2) is 0 Å². The lowest BCUT2D eigenvalue weighted by Crippen LogP contribution is -2.16. The van der Waals surface area contributed by atoms with E-state index in [2.05, 4.69) is 10.3 Å². The third-order valence-corrected chi connectivity index (χ3v) is 3.79. The maximum atomic E-state index is 13.4. The van der Waals surface area contributed by atoms with Gasteiger partial charge in [0.25, 0.3) is 11.6 Å². The highest BCUT2D eigenvalue weighted by Crippen LogP contribution is 2.22. The number of hydrogen-bond donors (Lipinski definition) is 2. The predicted molar refractivity (Wildman–Crippen MR) is 92.4 cm³/mol. The molecule has 2 N–H and O–H groups in total.